The summed E-state index contributed by atoms with van der Waals surface area (Å²) in [5.74, 6) is 1.21. The molecule has 2 aromatic carbocycles. The van der Waals surface area contributed by atoms with Gasteiger partial charge in [0.15, 0.2) is 11.5 Å². The van der Waals surface area contributed by atoms with Gasteiger partial charge in [0, 0.05) is 23.6 Å². The lowest BCUT2D eigenvalue weighted by molar-refractivity contribution is -0.116. The largest absolute Gasteiger partial charge is 0.493 e. The highest BCUT2D eigenvalue weighted by molar-refractivity contribution is 5.94. The Morgan fingerprint density at radius 2 is 1.76 bits per heavy atom. The number of anilines is 1. The van der Waals surface area contributed by atoms with E-state index in [1.165, 1.54) is 19.2 Å². The van der Waals surface area contributed by atoms with Gasteiger partial charge < -0.3 is 19.5 Å². The van der Waals surface area contributed by atoms with Crippen molar-refractivity contribution in [3.63, 3.8) is 0 Å². The number of hydrogen-bond donors (Lipinski definition) is 1. The first-order chi connectivity index (χ1) is 14.1. The zero-order valence-corrected chi connectivity index (χ0v) is 16.2. The van der Waals surface area contributed by atoms with Crippen LogP contribution in [0.2, 0.25) is 0 Å². The second kappa shape index (κ2) is 7.46. The highest BCUT2D eigenvalue weighted by atomic mass is 19.1. The number of carbonyl (C=O) groups is 1. The number of aromatic nitrogens is 2. The molecule has 1 aliphatic rings. The van der Waals surface area contributed by atoms with E-state index in [-0.39, 0.29) is 24.1 Å². The lowest BCUT2D eigenvalue weighted by atomic mass is 9.88. The average Bonchev–Trinajstić information content (AvgIpc) is 3.16. The number of amides is 1. The van der Waals surface area contributed by atoms with Crippen molar-refractivity contribution in [1.82, 2.24) is 9.55 Å². The zero-order chi connectivity index (χ0) is 20.5. The molecule has 3 aromatic rings. The van der Waals surface area contributed by atoms with Crippen LogP contribution >= 0.6 is 0 Å². The standard InChI is InChI=1S/C21H20FN3O4/c1-27-16-9-8-14(19(28-2)20(16)29-3)15-10-17(26)24-21-18(15)23-11-25(21)13-6-4-12(22)5-7-13/h4-9,11,15H,10H2,1-3H3,(H,24,26)/t15-/m1/s1. The fourth-order valence-electron chi connectivity index (χ4n) is 3.66. The summed E-state index contributed by atoms with van der Waals surface area (Å²) in [5, 5.41) is 2.88. The average molecular weight is 397 g/mol. The molecule has 0 radical (unpaired) electrons. The van der Waals surface area contributed by atoms with Crippen molar-refractivity contribution in [2.24, 2.45) is 0 Å². The minimum Gasteiger partial charge on any atom is -0.493 e. The lowest BCUT2D eigenvalue weighted by Gasteiger charge is -2.25. The Hall–Kier alpha value is -3.55. The van der Waals surface area contributed by atoms with Crippen LogP contribution in [0.4, 0.5) is 10.2 Å². The number of carbonyl (C=O) groups excluding carboxylic acids is 1. The summed E-state index contributed by atoms with van der Waals surface area (Å²) in [6, 6.07) is 9.61. The third-order valence-corrected chi connectivity index (χ3v) is 4.99. The first-order valence-corrected chi connectivity index (χ1v) is 8.99. The minimum atomic E-state index is -0.338. The molecular weight excluding hydrogens is 377 g/mol. The van der Waals surface area contributed by atoms with Crippen molar-refractivity contribution < 1.29 is 23.4 Å². The smallest absolute Gasteiger partial charge is 0.226 e. The van der Waals surface area contributed by atoms with Crippen LogP contribution in [0.25, 0.3) is 5.69 Å². The molecule has 29 heavy (non-hydrogen) atoms. The molecule has 8 heteroatoms. The number of ether oxygens (including phenoxy) is 3. The molecule has 0 unspecified atom stereocenters. The summed E-state index contributed by atoms with van der Waals surface area (Å²) in [7, 11) is 4.63. The second-order valence-corrected chi connectivity index (χ2v) is 6.55. The van der Waals surface area contributed by atoms with Gasteiger partial charge in [-0.25, -0.2) is 9.37 Å². The minimum absolute atomic E-state index is 0.150. The third kappa shape index (κ3) is 3.16. The van der Waals surface area contributed by atoms with Gasteiger partial charge in [-0.1, -0.05) is 6.07 Å². The fourth-order valence-corrected chi connectivity index (χ4v) is 3.66. The van der Waals surface area contributed by atoms with E-state index in [2.05, 4.69) is 10.3 Å². The highest BCUT2D eigenvalue weighted by Crippen LogP contribution is 2.47. The molecule has 4 rings (SSSR count). The first kappa shape index (κ1) is 18.8. The summed E-state index contributed by atoms with van der Waals surface area (Å²) in [6.45, 7) is 0. The van der Waals surface area contributed by atoms with E-state index in [9.17, 15) is 9.18 Å². The Labute approximate surface area is 167 Å². The van der Waals surface area contributed by atoms with Crippen molar-refractivity contribution in [3.05, 3.63) is 59.8 Å². The molecule has 150 valence electrons. The van der Waals surface area contributed by atoms with Gasteiger partial charge in [0.05, 0.1) is 27.0 Å². The topological polar surface area (TPSA) is 74.6 Å². The number of imidazole rings is 1. The summed E-state index contributed by atoms with van der Waals surface area (Å²) in [5.41, 5.74) is 2.16. The SMILES string of the molecule is COc1ccc([C@H]2CC(=O)Nc3c2ncn3-c2ccc(F)cc2)c(OC)c1OC. The number of benzene rings is 2. The quantitative estimate of drug-likeness (QED) is 0.713. The van der Waals surface area contributed by atoms with E-state index in [0.29, 0.717) is 34.4 Å². The van der Waals surface area contributed by atoms with Gasteiger partial charge in [-0.2, -0.15) is 0 Å². The molecule has 1 aliphatic heterocycles. The lowest BCUT2D eigenvalue weighted by Crippen LogP contribution is -2.25. The molecule has 0 bridgehead atoms. The molecule has 2 heterocycles. The molecule has 0 saturated heterocycles. The van der Waals surface area contributed by atoms with Gasteiger partial charge in [-0.3, -0.25) is 9.36 Å². The highest BCUT2D eigenvalue weighted by Gasteiger charge is 2.34. The van der Waals surface area contributed by atoms with Crippen molar-refractivity contribution in [1.29, 1.82) is 0 Å². The Morgan fingerprint density at radius 1 is 1.03 bits per heavy atom. The van der Waals surface area contributed by atoms with Gasteiger partial charge in [-0.15, -0.1) is 0 Å². The van der Waals surface area contributed by atoms with Crippen LogP contribution in [0.15, 0.2) is 42.7 Å². The van der Waals surface area contributed by atoms with Crippen LogP contribution in [0.5, 0.6) is 17.2 Å². The molecule has 0 spiro atoms. The molecular formula is C21H20FN3O4. The predicted octanol–water partition coefficient (Wildman–Crippen LogP) is 3.51. The fraction of sp³-hybridized carbons (Fsp3) is 0.238. The molecule has 1 amide bonds. The third-order valence-electron chi connectivity index (χ3n) is 4.99. The van der Waals surface area contributed by atoms with Crippen LogP contribution in [0.3, 0.4) is 0 Å². The number of rotatable bonds is 5. The van der Waals surface area contributed by atoms with E-state index < -0.39 is 0 Å². The Kier molecular flexibility index (Phi) is 4.84. The summed E-state index contributed by atoms with van der Waals surface area (Å²) in [6.07, 6.45) is 1.82. The molecule has 0 saturated carbocycles. The second-order valence-electron chi connectivity index (χ2n) is 6.55. The zero-order valence-electron chi connectivity index (χ0n) is 16.2. The number of halogens is 1. The van der Waals surface area contributed by atoms with Gasteiger partial charge in [0.1, 0.15) is 18.0 Å². The van der Waals surface area contributed by atoms with Crippen molar-refractivity contribution in [3.8, 4) is 22.9 Å². The maximum Gasteiger partial charge on any atom is 0.226 e. The van der Waals surface area contributed by atoms with E-state index in [1.807, 2.05) is 6.07 Å². The monoisotopic (exact) mass is 397 g/mol. The van der Waals surface area contributed by atoms with Gasteiger partial charge in [0.2, 0.25) is 11.7 Å². The van der Waals surface area contributed by atoms with E-state index in [1.54, 1.807) is 43.3 Å². The molecule has 1 aromatic heterocycles. The van der Waals surface area contributed by atoms with E-state index >= 15 is 0 Å². The molecule has 0 aliphatic carbocycles. The van der Waals surface area contributed by atoms with Crippen LogP contribution in [-0.2, 0) is 4.79 Å². The van der Waals surface area contributed by atoms with Gasteiger partial charge >= 0.3 is 0 Å². The first-order valence-electron chi connectivity index (χ1n) is 8.99. The number of methoxy groups -OCH3 is 3. The molecule has 1 atom stereocenters. The van der Waals surface area contributed by atoms with Gasteiger partial charge in [0.25, 0.3) is 0 Å². The van der Waals surface area contributed by atoms with Crippen molar-refractivity contribution in [2.75, 3.05) is 26.6 Å². The van der Waals surface area contributed by atoms with Crippen LogP contribution < -0.4 is 19.5 Å². The van der Waals surface area contributed by atoms with Crippen LogP contribution in [-0.4, -0.2) is 36.8 Å². The summed E-state index contributed by atoms with van der Waals surface area (Å²) >= 11 is 0. The molecule has 1 N–H and O–H groups in total. The van der Waals surface area contributed by atoms with Gasteiger partial charge in [-0.05, 0) is 30.3 Å². The van der Waals surface area contributed by atoms with E-state index in [4.69, 9.17) is 14.2 Å². The van der Waals surface area contributed by atoms with Crippen LogP contribution in [0.1, 0.15) is 23.6 Å². The molecule has 0 fully saturated rings. The van der Waals surface area contributed by atoms with E-state index in [0.717, 1.165) is 5.56 Å². The van der Waals surface area contributed by atoms with Crippen molar-refractivity contribution in [2.45, 2.75) is 12.3 Å². The Balaban J connectivity index is 1.85. The summed E-state index contributed by atoms with van der Waals surface area (Å²) in [4.78, 5) is 17.1. The van der Waals surface area contributed by atoms with Crippen molar-refractivity contribution >= 4 is 11.7 Å². The normalized spacial score (nSPS) is 15.4. The maximum atomic E-state index is 13.3. The number of hydrogen-bond acceptors (Lipinski definition) is 5. The van der Waals surface area contributed by atoms with Crippen LogP contribution in [0, 0.1) is 5.82 Å². The Bertz CT molecular complexity index is 1060. The number of nitrogens with one attached hydrogen (secondary N) is 1. The maximum absolute atomic E-state index is 13.3. The molecule has 7 nitrogen and oxygen atoms in total. The number of nitrogens with zero attached hydrogens (tertiary/aromatic N) is 2. The summed E-state index contributed by atoms with van der Waals surface area (Å²) < 4.78 is 31.5. The predicted molar refractivity (Wildman–Crippen MR) is 105 cm³/mol. The Morgan fingerprint density at radius 3 is 2.41 bits per heavy atom. The number of fused-ring (bicyclic) bond motifs is 1.